The van der Waals surface area contributed by atoms with Crippen LogP contribution in [0.4, 0.5) is 4.79 Å². The number of carbonyl (C=O) groups is 1. The molecule has 0 heterocycles. The third-order valence-electron chi connectivity index (χ3n) is 3.39. The number of amides is 1. The molecule has 6 nitrogen and oxygen atoms in total. The lowest BCUT2D eigenvalue weighted by molar-refractivity contribution is 0.0209. The number of hydrogen-bond acceptors (Lipinski definition) is 5. The molecule has 23 heavy (non-hydrogen) atoms. The first-order valence-electron chi connectivity index (χ1n) is 7.85. The summed E-state index contributed by atoms with van der Waals surface area (Å²) in [5.41, 5.74) is -0.0998. The highest BCUT2D eigenvalue weighted by atomic mass is 16.6. The maximum Gasteiger partial charge on any atom is 0.488 e. The summed E-state index contributed by atoms with van der Waals surface area (Å²) in [6, 6.07) is 6.77. The second-order valence-corrected chi connectivity index (χ2v) is 6.70. The normalized spacial score (nSPS) is 14.3. The van der Waals surface area contributed by atoms with E-state index in [1.807, 2.05) is 20.8 Å². The molecule has 1 fully saturated rings. The van der Waals surface area contributed by atoms with E-state index in [1.54, 1.807) is 29.2 Å². The first kappa shape index (κ1) is 17.6. The molecule has 0 aliphatic heterocycles. The van der Waals surface area contributed by atoms with Crippen LogP contribution in [0, 0.1) is 0 Å². The van der Waals surface area contributed by atoms with Crippen molar-refractivity contribution >= 4 is 18.7 Å². The van der Waals surface area contributed by atoms with Crippen LogP contribution >= 0.6 is 0 Å². The summed E-state index contributed by atoms with van der Waals surface area (Å²) < 4.78 is 11.0. The van der Waals surface area contributed by atoms with E-state index in [4.69, 9.17) is 19.5 Å². The Morgan fingerprint density at radius 3 is 2.35 bits per heavy atom. The van der Waals surface area contributed by atoms with Crippen LogP contribution < -0.4 is 10.2 Å². The Balaban J connectivity index is 1.83. The summed E-state index contributed by atoms with van der Waals surface area (Å²) in [7, 11) is -1.48. The summed E-state index contributed by atoms with van der Waals surface area (Å²) in [5, 5.41) is 18.1. The van der Waals surface area contributed by atoms with Crippen molar-refractivity contribution in [3.05, 3.63) is 24.3 Å². The fraction of sp³-hybridized carbons (Fsp3) is 0.562. The fourth-order valence-electron chi connectivity index (χ4n) is 2.13. The van der Waals surface area contributed by atoms with Gasteiger partial charge in [0.15, 0.2) is 0 Å². The molecule has 1 aromatic rings. The van der Waals surface area contributed by atoms with Gasteiger partial charge in [0.05, 0.1) is 6.54 Å². The van der Waals surface area contributed by atoms with Gasteiger partial charge >= 0.3 is 13.2 Å². The number of carbonyl (C=O) groups excluding carboxylic acids is 1. The molecule has 0 bridgehead atoms. The quantitative estimate of drug-likeness (QED) is 0.768. The second-order valence-electron chi connectivity index (χ2n) is 6.70. The van der Waals surface area contributed by atoms with Crippen molar-refractivity contribution in [2.45, 2.75) is 45.3 Å². The van der Waals surface area contributed by atoms with Crippen LogP contribution in [0.25, 0.3) is 0 Å². The molecule has 0 unspecified atom stereocenters. The van der Waals surface area contributed by atoms with E-state index in [-0.39, 0.29) is 12.1 Å². The first-order chi connectivity index (χ1) is 10.8. The fourth-order valence-corrected chi connectivity index (χ4v) is 2.13. The monoisotopic (exact) mass is 321 g/mol. The molecule has 1 aromatic carbocycles. The molecule has 1 saturated carbocycles. The van der Waals surface area contributed by atoms with Crippen molar-refractivity contribution in [2.24, 2.45) is 0 Å². The topological polar surface area (TPSA) is 79.2 Å². The largest absolute Gasteiger partial charge is 0.492 e. The van der Waals surface area contributed by atoms with E-state index in [0.29, 0.717) is 24.4 Å². The molecule has 7 heteroatoms. The molecule has 2 rings (SSSR count). The highest BCUT2D eigenvalue weighted by Crippen LogP contribution is 2.28. The van der Waals surface area contributed by atoms with E-state index < -0.39 is 12.7 Å². The van der Waals surface area contributed by atoms with E-state index in [0.717, 1.165) is 12.8 Å². The Kier molecular flexibility index (Phi) is 5.54. The molecular formula is C16H24BNO5. The van der Waals surface area contributed by atoms with Crippen LogP contribution in [-0.4, -0.2) is 53.0 Å². The predicted molar refractivity (Wildman–Crippen MR) is 87.7 cm³/mol. The van der Waals surface area contributed by atoms with Gasteiger partial charge in [-0.15, -0.1) is 0 Å². The molecule has 0 atom stereocenters. The highest BCUT2D eigenvalue weighted by molar-refractivity contribution is 6.58. The summed E-state index contributed by atoms with van der Waals surface area (Å²) in [6.45, 7) is 6.37. The summed E-state index contributed by atoms with van der Waals surface area (Å²) in [6.07, 6.45) is 1.70. The second kappa shape index (κ2) is 7.23. The summed E-state index contributed by atoms with van der Waals surface area (Å²) >= 11 is 0. The van der Waals surface area contributed by atoms with Gasteiger partial charge in [-0.3, -0.25) is 0 Å². The third-order valence-corrected chi connectivity index (χ3v) is 3.39. The highest BCUT2D eigenvalue weighted by Gasteiger charge is 2.35. The zero-order valence-electron chi connectivity index (χ0n) is 13.9. The van der Waals surface area contributed by atoms with E-state index in [2.05, 4.69) is 0 Å². The molecule has 1 aliphatic carbocycles. The molecule has 0 radical (unpaired) electrons. The number of rotatable bonds is 6. The van der Waals surface area contributed by atoms with Gasteiger partial charge in [0.1, 0.15) is 18.0 Å². The van der Waals surface area contributed by atoms with E-state index >= 15 is 0 Å². The van der Waals surface area contributed by atoms with Crippen LogP contribution in [-0.2, 0) is 4.74 Å². The predicted octanol–water partition coefficient (Wildman–Crippen LogP) is 1.14. The minimum absolute atomic E-state index is 0.250. The van der Waals surface area contributed by atoms with Crippen molar-refractivity contribution in [1.82, 2.24) is 4.90 Å². The Labute approximate surface area is 137 Å². The van der Waals surface area contributed by atoms with E-state index in [9.17, 15) is 4.79 Å². The van der Waals surface area contributed by atoms with Crippen molar-refractivity contribution in [2.75, 3.05) is 13.2 Å². The Morgan fingerprint density at radius 1 is 1.26 bits per heavy atom. The van der Waals surface area contributed by atoms with Gasteiger partial charge in [0.2, 0.25) is 0 Å². The van der Waals surface area contributed by atoms with Gasteiger partial charge in [0.25, 0.3) is 0 Å². The number of ether oxygens (including phenoxy) is 2. The molecule has 126 valence electrons. The lowest BCUT2D eigenvalue weighted by Crippen LogP contribution is -2.40. The minimum atomic E-state index is -1.48. The Morgan fingerprint density at radius 2 is 1.87 bits per heavy atom. The molecule has 0 aromatic heterocycles. The van der Waals surface area contributed by atoms with Crippen molar-refractivity contribution in [1.29, 1.82) is 0 Å². The summed E-state index contributed by atoms with van der Waals surface area (Å²) in [5.74, 6) is 0.620. The number of hydrogen-bond donors (Lipinski definition) is 2. The molecule has 2 N–H and O–H groups in total. The zero-order chi connectivity index (χ0) is 17.0. The SMILES string of the molecule is CC(C)(C)OC(=O)N(CCOc1ccc(B(O)O)cc1)C1CC1. The van der Waals surface area contributed by atoms with Crippen molar-refractivity contribution in [3.63, 3.8) is 0 Å². The molecule has 0 saturated heterocycles. The van der Waals surface area contributed by atoms with Crippen molar-refractivity contribution < 1.29 is 24.3 Å². The molecule has 1 aliphatic rings. The number of nitrogens with zero attached hydrogens (tertiary/aromatic N) is 1. The van der Waals surface area contributed by atoms with Gasteiger partial charge < -0.3 is 24.4 Å². The standard InChI is InChI=1S/C16H24BNO5/c1-16(2,3)23-15(19)18(13-6-7-13)10-11-22-14-8-4-12(5-9-14)17(20)21/h4-5,8-9,13,20-21H,6-7,10-11H2,1-3H3. The van der Waals surface area contributed by atoms with Gasteiger partial charge in [0, 0.05) is 6.04 Å². The minimum Gasteiger partial charge on any atom is -0.492 e. The van der Waals surface area contributed by atoms with Gasteiger partial charge in [-0.2, -0.15) is 0 Å². The average Bonchev–Trinajstić information content (AvgIpc) is 3.26. The van der Waals surface area contributed by atoms with Crippen LogP contribution in [0.1, 0.15) is 33.6 Å². The molecular weight excluding hydrogens is 297 g/mol. The van der Waals surface area contributed by atoms with Crippen LogP contribution in [0.3, 0.4) is 0 Å². The Hall–Kier alpha value is -1.73. The van der Waals surface area contributed by atoms with Crippen LogP contribution in [0.15, 0.2) is 24.3 Å². The first-order valence-corrected chi connectivity index (χ1v) is 7.85. The van der Waals surface area contributed by atoms with E-state index in [1.165, 1.54) is 0 Å². The average molecular weight is 321 g/mol. The zero-order valence-corrected chi connectivity index (χ0v) is 13.9. The maximum atomic E-state index is 12.2. The maximum absolute atomic E-state index is 12.2. The lowest BCUT2D eigenvalue weighted by Gasteiger charge is -2.27. The van der Waals surface area contributed by atoms with Gasteiger partial charge in [-0.05, 0) is 51.2 Å². The lowest BCUT2D eigenvalue weighted by atomic mass is 9.80. The smallest absolute Gasteiger partial charge is 0.488 e. The summed E-state index contributed by atoms with van der Waals surface area (Å²) in [4.78, 5) is 13.9. The van der Waals surface area contributed by atoms with Crippen molar-refractivity contribution in [3.8, 4) is 5.75 Å². The van der Waals surface area contributed by atoms with Crippen LogP contribution in [0.2, 0.25) is 0 Å². The third kappa shape index (κ3) is 5.76. The van der Waals surface area contributed by atoms with Gasteiger partial charge in [-0.1, -0.05) is 12.1 Å². The van der Waals surface area contributed by atoms with Crippen LogP contribution in [0.5, 0.6) is 5.75 Å². The number of benzene rings is 1. The molecule has 0 spiro atoms. The van der Waals surface area contributed by atoms with Gasteiger partial charge in [-0.25, -0.2) is 4.79 Å². The Bertz CT molecular complexity index is 522. The molecule has 1 amide bonds.